The van der Waals surface area contributed by atoms with Gasteiger partial charge in [-0.15, -0.1) is 11.7 Å². The van der Waals surface area contributed by atoms with E-state index >= 15 is 0 Å². The minimum absolute atomic E-state index is 0.0315. The summed E-state index contributed by atoms with van der Waals surface area (Å²) in [5.41, 5.74) is 1.24. The molecule has 1 atom stereocenters. The zero-order valence-corrected chi connectivity index (χ0v) is 11.5. The van der Waals surface area contributed by atoms with E-state index < -0.39 is 0 Å². The number of amides is 1. The Kier molecular flexibility index (Phi) is 4.61. The van der Waals surface area contributed by atoms with E-state index in [9.17, 15) is 4.79 Å². The highest BCUT2D eigenvalue weighted by Crippen LogP contribution is 2.24. The minimum Gasteiger partial charge on any atom is -0.342 e. The molecule has 1 amide bonds. The fourth-order valence-corrected chi connectivity index (χ4v) is 3.62. The lowest BCUT2D eigenvalue weighted by molar-refractivity contribution is -0.129. The van der Waals surface area contributed by atoms with Crippen LogP contribution in [0.15, 0.2) is 16.8 Å². The van der Waals surface area contributed by atoms with E-state index in [1.54, 1.807) is 11.3 Å². The maximum absolute atomic E-state index is 12.2. The Morgan fingerprint density at radius 1 is 1.56 bits per heavy atom. The molecular formula is C11H15NOS3. The number of hydrogen-bond donors (Lipinski definition) is 1. The number of thiophene rings is 1. The van der Waals surface area contributed by atoms with Crippen molar-refractivity contribution in [3.8, 4) is 0 Å². The van der Waals surface area contributed by atoms with Crippen LogP contribution in [0.4, 0.5) is 0 Å². The summed E-state index contributed by atoms with van der Waals surface area (Å²) in [5, 5.41) is 4.13. The predicted octanol–water partition coefficient (Wildman–Crippen LogP) is 2.86. The highest BCUT2D eigenvalue weighted by atomic mass is 33.1. The molecule has 1 aliphatic heterocycles. The number of nitrogens with zero attached hydrogens (tertiary/aromatic N) is 1. The van der Waals surface area contributed by atoms with Crippen LogP contribution in [0.2, 0.25) is 0 Å². The Labute approximate surface area is 109 Å². The van der Waals surface area contributed by atoms with Crippen LogP contribution in [-0.4, -0.2) is 29.1 Å². The molecule has 2 heterocycles. The van der Waals surface area contributed by atoms with Crippen LogP contribution in [0.1, 0.15) is 18.4 Å². The van der Waals surface area contributed by atoms with Crippen molar-refractivity contribution >= 4 is 39.7 Å². The molecule has 0 bridgehead atoms. The Hall–Kier alpha value is -0.130. The first kappa shape index (κ1) is 12.3. The zero-order valence-electron chi connectivity index (χ0n) is 8.96. The van der Waals surface area contributed by atoms with Gasteiger partial charge in [-0.05, 0) is 41.7 Å². The first-order chi connectivity index (χ1) is 7.81. The summed E-state index contributed by atoms with van der Waals surface area (Å²) in [5.74, 6) is 0.253. The van der Waals surface area contributed by atoms with Gasteiger partial charge in [0.2, 0.25) is 5.91 Å². The van der Waals surface area contributed by atoms with Gasteiger partial charge in [0.15, 0.2) is 0 Å². The van der Waals surface area contributed by atoms with E-state index in [1.807, 2.05) is 4.90 Å². The normalized spacial score (nSPS) is 17.7. The van der Waals surface area contributed by atoms with Gasteiger partial charge in [-0.1, -0.05) is 10.8 Å². The van der Waals surface area contributed by atoms with Crippen molar-refractivity contribution in [1.82, 2.24) is 4.90 Å². The summed E-state index contributed by atoms with van der Waals surface area (Å²) in [6, 6.07) is 2.08. The Bertz CT molecular complexity index is 333. The molecule has 1 aliphatic rings. The van der Waals surface area contributed by atoms with Gasteiger partial charge in [0.25, 0.3) is 0 Å². The molecule has 1 unspecified atom stereocenters. The number of thiol groups is 1. The summed E-state index contributed by atoms with van der Waals surface area (Å²) >= 11 is 5.91. The van der Waals surface area contributed by atoms with Crippen LogP contribution < -0.4 is 0 Å². The molecule has 1 fully saturated rings. The number of carbonyl (C=O) groups excluding carboxylic acids is 1. The molecule has 0 spiro atoms. The molecule has 0 aliphatic carbocycles. The molecule has 1 aromatic rings. The highest BCUT2D eigenvalue weighted by Gasteiger charge is 2.26. The van der Waals surface area contributed by atoms with Crippen LogP contribution in [0.5, 0.6) is 0 Å². The van der Waals surface area contributed by atoms with Gasteiger partial charge < -0.3 is 4.90 Å². The summed E-state index contributed by atoms with van der Waals surface area (Å²) < 4.78 is 0. The van der Waals surface area contributed by atoms with Gasteiger partial charge in [0, 0.05) is 13.1 Å². The van der Waals surface area contributed by atoms with Crippen molar-refractivity contribution in [3.05, 3.63) is 22.4 Å². The molecule has 0 N–H and O–H groups in total. The standard InChI is InChI=1S/C11H15NOS3/c13-11(12-4-1-2-5-12)10(16-14)7-9-3-6-15-8-9/h3,6,8,10,14H,1-2,4-5,7H2. The Morgan fingerprint density at radius 3 is 2.88 bits per heavy atom. The first-order valence-corrected chi connectivity index (χ1v) is 8.29. The molecular weight excluding hydrogens is 258 g/mol. The average Bonchev–Trinajstić information content (AvgIpc) is 2.97. The number of hydrogen-bond acceptors (Lipinski definition) is 4. The second kappa shape index (κ2) is 5.98. The molecule has 2 nitrogen and oxygen atoms in total. The Morgan fingerprint density at radius 2 is 2.31 bits per heavy atom. The maximum Gasteiger partial charge on any atom is 0.236 e. The average molecular weight is 273 g/mol. The van der Waals surface area contributed by atoms with Crippen molar-refractivity contribution in [3.63, 3.8) is 0 Å². The van der Waals surface area contributed by atoms with Gasteiger partial charge >= 0.3 is 0 Å². The first-order valence-electron chi connectivity index (χ1n) is 5.41. The zero-order chi connectivity index (χ0) is 11.4. The van der Waals surface area contributed by atoms with Crippen molar-refractivity contribution < 1.29 is 4.79 Å². The Balaban J connectivity index is 1.96. The van der Waals surface area contributed by atoms with E-state index in [0.717, 1.165) is 32.4 Å². The smallest absolute Gasteiger partial charge is 0.236 e. The SMILES string of the molecule is O=C(C(Cc1ccsc1)SS)N1CCCC1. The quantitative estimate of drug-likeness (QED) is 0.672. The lowest BCUT2D eigenvalue weighted by Gasteiger charge is -2.20. The van der Waals surface area contributed by atoms with E-state index in [1.165, 1.54) is 16.4 Å². The fraction of sp³-hybridized carbons (Fsp3) is 0.545. The van der Waals surface area contributed by atoms with Gasteiger partial charge in [-0.2, -0.15) is 11.3 Å². The lowest BCUT2D eigenvalue weighted by atomic mass is 10.2. The molecule has 0 radical (unpaired) electrons. The van der Waals surface area contributed by atoms with Crippen LogP contribution >= 0.6 is 33.8 Å². The van der Waals surface area contributed by atoms with Gasteiger partial charge in [0.1, 0.15) is 0 Å². The van der Waals surface area contributed by atoms with Gasteiger partial charge in [-0.3, -0.25) is 4.79 Å². The third kappa shape index (κ3) is 2.96. The van der Waals surface area contributed by atoms with Crippen LogP contribution in [-0.2, 0) is 11.2 Å². The number of rotatable bonds is 4. The van der Waals surface area contributed by atoms with Crippen molar-refractivity contribution in [2.24, 2.45) is 0 Å². The molecule has 5 heteroatoms. The van der Waals surface area contributed by atoms with Crippen LogP contribution in [0.25, 0.3) is 0 Å². The van der Waals surface area contributed by atoms with Gasteiger partial charge in [0.05, 0.1) is 5.25 Å². The number of carbonyl (C=O) groups is 1. The second-order valence-corrected chi connectivity index (χ2v) is 6.15. The summed E-state index contributed by atoms with van der Waals surface area (Å²) in [7, 11) is 1.37. The molecule has 88 valence electrons. The molecule has 0 aromatic carbocycles. The molecule has 2 rings (SSSR count). The van der Waals surface area contributed by atoms with Crippen molar-refractivity contribution in [1.29, 1.82) is 0 Å². The van der Waals surface area contributed by atoms with Crippen LogP contribution in [0.3, 0.4) is 0 Å². The largest absolute Gasteiger partial charge is 0.342 e. The lowest BCUT2D eigenvalue weighted by Crippen LogP contribution is -2.36. The van der Waals surface area contributed by atoms with E-state index in [0.29, 0.717) is 0 Å². The van der Waals surface area contributed by atoms with E-state index in [2.05, 4.69) is 28.5 Å². The van der Waals surface area contributed by atoms with E-state index in [-0.39, 0.29) is 11.2 Å². The molecule has 1 saturated heterocycles. The molecule has 1 aromatic heterocycles. The number of likely N-dealkylation sites (tertiary alicyclic amines) is 1. The summed E-state index contributed by atoms with van der Waals surface area (Å²) in [4.78, 5) is 14.1. The van der Waals surface area contributed by atoms with E-state index in [4.69, 9.17) is 0 Å². The third-order valence-corrected chi connectivity index (χ3v) is 4.94. The fourth-order valence-electron chi connectivity index (χ4n) is 1.93. The molecule has 16 heavy (non-hydrogen) atoms. The monoisotopic (exact) mass is 273 g/mol. The topological polar surface area (TPSA) is 20.3 Å². The second-order valence-electron chi connectivity index (χ2n) is 3.96. The summed E-state index contributed by atoms with van der Waals surface area (Å²) in [6.45, 7) is 1.85. The molecule has 0 saturated carbocycles. The van der Waals surface area contributed by atoms with Crippen LogP contribution in [0, 0.1) is 0 Å². The maximum atomic E-state index is 12.2. The third-order valence-electron chi connectivity index (χ3n) is 2.82. The highest BCUT2D eigenvalue weighted by molar-refractivity contribution is 8.69. The van der Waals surface area contributed by atoms with Gasteiger partial charge in [-0.25, -0.2) is 0 Å². The van der Waals surface area contributed by atoms with Crippen molar-refractivity contribution in [2.45, 2.75) is 24.5 Å². The van der Waals surface area contributed by atoms with Crippen molar-refractivity contribution in [2.75, 3.05) is 13.1 Å². The minimum atomic E-state index is -0.0315. The predicted molar refractivity (Wildman–Crippen MR) is 74.2 cm³/mol. The summed E-state index contributed by atoms with van der Waals surface area (Å²) in [6.07, 6.45) is 3.09.